The van der Waals surface area contributed by atoms with Crippen molar-refractivity contribution in [2.75, 3.05) is 5.32 Å². The molecule has 0 unspecified atom stereocenters. The number of anilines is 1. The molecule has 3 heterocycles. The lowest BCUT2D eigenvalue weighted by Gasteiger charge is -2.07. The Bertz CT molecular complexity index is 846. The van der Waals surface area contributed by atoms with E-state index in [1.807, 2.05) is 12.1 Å². The predicted octanol–water partition coefficient (Wildman–Crippen LogP) is 3.71. The first kappa shape index (κ1) is 14.0. The zero-order chi connectivity index (χ0) is 15.0. The fraction of sp³-hybridized carbons (Fsp3) is 0.0714. The van der Waals surface area contributed by atoms with Crippen molar-refractivity contribution in [2.45, 2.75) is 6.92 Å². The van der Waals surface area contributed by atoms with E-state index in [2.05, 4.69) is 31.2 Å². The first-order valence-corrected chi connectivity index (χ1v) is 7.29. The number of hydrogen-bond donors (Lipinski definition) is 1. The number of aromatic nitrogens is 3. The molecule has 3 aromatic rings. The Morgan fingerprint density at radius 3 is 2.95 bits per heavy atom. The van der Waals surface area contributed by atoms with E-state index in [9.17, 15) is 4.79 Å². The molecular weight excluding hydrogens is 356 g/mol. The number of halogens is 2. The van der Waals surface area contributed by atoms with E-state index >= 15 is 0 Å². The Hall–Kier alpha value is -1.92. The first-order valence-electron chi connectivity index (χ1n) is 6.12. The van der Waals surface area contributed by atoms with Gasteiger partial charge in [-0.3, -0.25) is 9.20 Å². The minimum Gasteiger partial charge on any atom is -0.318 e. The Kier molecular flexibility index (Phi) is 3.65. The summed E-state index contributed by atoms with van der Waals surface area (Å²) in [4.78, 5) is 20.8. The van der Waals surface area contributed by atoms with Crippen molar-refractivity contribution in [3.63, 3.8) is 0 Å². The molecule has 0 radical (unpaired) electrons. The summed E-state index contributed by atoms with van der Waals surface area (Å²) in [6, 6.07) is 7.12. The van der Waals surface area contributed by atoms with Crippen molar-refractivity contribution >= 4 is 44.8 Å². The van der Waals surface area contributed by atoms with Gasteiger partial charge in [-0.1, -0.05) is 11.6 Å². The van der Waals surface area contributed by atoms with E-state index in [4.69, 9.17) is 11.6 Å². The molecule has 106 valence electrons. The van der Waals surface area contributed by atoms with Gasteiger partial charge in [0.05, 0.1) is 11.4 Å². The Morgan fingerprint density at radius 1 is 1.38 bits per heavy atom. The highest BCUT2D eigenvalue weighted by atomic mass is 79.9. The second-order valence-corrected chi connectivity index (χ2v) is 5.69. The minimum absolute atomic E-state index is 0.249. The van der Waals surface area contributed by atoms with E-state index in [0.29, 0.717) is 22.7 Å². The van der Waals surface area contributed by atoms with Crippen molar-refractivity contribution in [1.82, 2.24) is 14.4 Å². The average molecular weight is 366 g/mol. The van der Waals surface area contributed by atoms with Crippen molar-refractivity contribution in [3.05, 3.63) is 57.7 Å². The number of nitrogens with zero attached hydrogens (tertiary/aromatic N) is 3. The molecule has 1 N–H and O–H groups in total. The van der Waals surface area contributed by atoms with Gasteiger partial charge in [-0.05, 0) is 47.1 Å². The SMILES string of the molecule is Cc1nc2ccc(Br)cn2c1C(=O)Nc1cccnc1Cl. The molecule has 0 aliphatic carbocycles. The number of rotatable bonds is 2. The maximum Gasteiger partial charge on any atom is 0.274 e. The number of aryl methyl sites for hydroxylation is 1. The van der Waals surface area contributed by atoms with Crippen molar-refractivity contribution in [2.24, 2.45) is 0 Å². The molecular formula is C14H10BrClN4O. The zero-order valence-electron chi connectivity index (χ0n) is 11.0. The molecule has 0 fully saturated rings. The monoisotopic (exact) mass is 364 g/mol. The van der Waals surface area contributed by atoms with Crippen LogP contribution < -0.4 is 5.32 Å². The summed E-state index contributed by atoms with van der Waals surface area (Å²) < 4.78 is 2.60. The van der Waals surface area contributed by atoms with E-state index in [1.54, 1.807) is 35.9 Å². The number of nitrogens with one attached hydrogen (secondary N) is 1. The number of pyridine rings is 2. The number of hydrogen-bond acceptors (Lipinski definition) is 3. The van der Waals surface area contributed by atoms with Gasteiger partial charge in [-0.2, -0.15) is 0 Å². The molecule has 0 aliphatic rings. The maximum atomic E-state index is 12.5. The van der Waals surface area contributed by atoms with Gasteiger partial charge in [0.15, 0.2) is 5.15 Å². The van der Waals surface area contributed by atoms with Gasteiger partial charge >= 0.3 is 0 Å². The molecule has 0 aliphatic heterocycles. The predicted molar refractivity (Wildman–Crippen MR) is 84.8 cm³/mol. The van der Waals surface area contributed by atoms with Gasteiger partial charge in [0.1, 0.15) is 11.3 Å². The van der Waals surface area contributed by atoms with Gasteiger partial charge in [-0.15, -0.1) is 0 Å². The molecule has 0 aromatic carbocycles. The third kappa shape index (κ3) is 2.64. The number of carbonyl (C=O) groups is 1. The third-order valence-corrected chi connectivity index (χ3v) is 3.75. The van der Waals surface area contributed by atoms with Crippen LogP contribution >= 0.6 is 27.5 Å². The highest BCUT2D eigenvalue weighted by Gasteiger charge is 2.17. The standard InChI is InChI=1S/C14H10BrClN4O/c1-8-12(20-7-9(15)4-5-11(20)18-8)14(21)19-10-3-2-6-17-13(10)16/h2-7H,1H3,(H,19,21). The van der Waals surface area contributed by atoms with Crippen LogP contribution in [0.5, 0.6) is 0 Å². The van der Waals surface area contributed by atoms with Gasteiger partial charge in [-0.25, -0.2) is 9.97 Å². The van der Waals surface area contributed by atoms with Gasteiger partial charge in [0, 0.05) is 16.9 Å². The molecule has 0 atom stereocenters. The molecule has 5 nitrogen and oxygen atoms in total. The number of amides is 1. The molecule has 7 heteroatoms. The van der Waals surface area contributed by atoms with E-state index in [1.165, 1.54) is 0 Å². The second kappa shape index (κ2) is 5.46. The van der Waals surface area contributed by atoms with Crippen LogP contribution in [0.2, 0.25) is 5.15 Å². The van der Waals surface area contributed by atoms with Crippen LogP contribution in [-0.2, 0) is 0 Å². The number of imidazole rings is 1. The van der Waals surface area contributed by atoms with Crippen molar-refractivity contribution in [1.29, 1.82) is 0 Å². The van der Waals surface area contributed by atoms with Crippen LogP contribution in [0.4, 0.5) is 5.69 Å². The Balaban J connectivity index is 2.04. The normalized spacial score (nSPS) is 10.8. The molecule has 1 amide bonds. The molecule has 3 aromatic heterocycles. The first-order chi connectivity index (χ1) is 10.1. The lowest BCUT2D eigenvalue weighted by Crippen LogP contribution is -2.16. The molecule has 0 spiro atoms. The largest absolute Gasteiger partial charge is 0.318 e. The fourth-order valence-electron chi connectivity index (χ4n) is 2.07. The lowest BCUT2D eigenvalue weighted by atomic mass is 10.3. The van der Waals surface area contributed by atoms with Crippen LogP contribution in [0.15, 0.2) is 41.1 Å². The summed E-state index contributed by atoms with van der Waals surface area (Å²) in [7, 11) is 0. The summed E-state index contributed by atoms with van der Waals surface area (Å²) in [5.41, 5.74) is 2.28. The van der Waals surface area contributed by atoms with Crippen LogP contribution in [0.25, 0.3) is 5.65 Å². The second-order valence-electron chi connectivity index (χ2n) is 4.42. The summed E-state index contributed by atoms with van der Waals surface area (Å²) in [6.07, 6.45) is 3.36. The van der Waals surface area contributed by atoms with Crippen LogP contribution in [-0.4, -0.2) is 20.3 Å². The Morgan fingerprint density at radius 2 is 2.19 bits per heavy atom. The maximum absolute atomic E-state index is 12.5. The van der Waals surface area contributed by atoms with Crippen molar-refractivity contribution in [3.8, 4) is 0 Å². The van der Waals surface area contributed by atoms with E-state index in [0.717, 1.165) is 4.47 Å². The molecule has 3 rings (SSSR count). The van der Waals surface area contributed by atoms with E-state index < -0.39 is 0 Å². The van der Waals surface area contributed by atoms with Gasteiger partial charge in [0.2, 0.25) is 0 Å². The summed E-state index contributed by atoms with van der Waals surface area (Å²) >= 11 is 9.35. The van der Waals surface area contributed by atoms with Crippen LogP contribution in [0, 0.1) is 6.92 Å². The fourth-order valence-corrected chi connectivity index (χ4v) is 2.57. The van der Waals surface area contributed by atoms with Crippen LogP contribution in [0.3, 0.4) is 0 Å². The topological polar surface area (TPSA) is 59.3 Å². The summed E-state index contributed by atoms with van der Waals surface area (Å²) in [5.74, 6) is -0.284. The summed E-state index contributed by atoms with van der Waals surface area (Å²) in [6.45, 7) is 1.79. The highest BCUT2D eigenvalue weighted by Crippen LogP contribution is 2.21. The quantitative estimate of drug-likeness (QED) is 0.704. The molecule has 0 bridgehead atoms. The molecule has 21 heavy (non-hydrogen) atoms. The smallest absolute Gasteiger partial charge is 0.274 e. The van der Waals surface area contributed by atoms with Crippen LogP contribution in [0.1, 0.15) is 16.2 Å². The highest BCUT2D eigenvalue weighted by molar-refractivity contribution is 9.10. The number of carbonyl (C=O) groups excluding carboxylic acids is 1. The lowest BCUT2D eigenvalue weighted by molar-refractivity contribution is 0.102. The minimum atomic E-state index is -0.284. The number of fused-ring (bicyclic) bond motifs is 1. The van der Waals surface area contributed by atoms with Gasteiger partial charge in [0.25, 0.3) is 5.91 Å². The molecule has 0 saturated heterocycles. The zero-order valence-corrected chi connectivity index (χ0v) is 13.3. The third-order valence-electron chi connectivity index (χ3n) is 2.98. The summed E-state index contributed by atoms with van der Waals surface area (Å²) in [5, 5.41) is 3.00. The molecule has 0 saturated carbocycles. The van der Waals surface area contributed by atoms with E-state index in [-0.39, 0.29) is 11.1 Å². The van der Waals surface area contributed by atoms with Gasteiger partial charge < -0.3 is 5.32 Å². The Labute approximate surface area is 134 Å². The van der Waals surface area contributed by atoms with Crippen molar-refractivity contribution < 1.29 is 4.79 Å². The average Bonchev–Trinajstić information content (AvgIpc) is 2.76.